The normalized spacial score (nSPS) is 11.2. The molecule has 0 saturated carbocycles. The van der Waals surface area contributed by atoms with E-state index in [0.717, 1.165) is 32.7 Å². The Morgan fingerprint density at radius 3 is 1.50 bits per heavy atom. The summed E-state index contributed by atoms with van der Waals surface area (Å²) >= 11 is 0. The van der Waals surface area contributed by atoms with Gasteiger partial charge in [-0.1, -0.05) is 115 Å². The molecule has 34 heavy (non-hydrogen) atoms. The highest BCUT2D eigenvalue weighted by atomic mass is 16.3. The molecule has 0 spiro atoms. The second kappa shape index (κ2) is 8.09. The van der Waals surface area contributed by atoms with Crippen molar-refractivity contribution in [2.45, 2.75) is 0 Å². The number of phenolic OH excluding ortho intramolecular Hbond substituents is 1. The van der Waals surface area contributed by atoms with Crippen LogP contribution in [0, 0.1) is 0 Å². The van der Waals surface area contributed by atoms with Gasteiger partial charge in [-0.15, -0.1) is 0 Å². The number of aromatic hydroxyl groups is 1. The number of benzene rings is 6. The molecule has 0 aliphatic heterocycles. The Labute approximate surface area is 198 Å². The van der Waals surface area contributed by atoms with Crippen molar-refractivity contribution in [2.75, 3.05) is 0 Å². The van der Waals surface area contributed by atoms with Crippen molar-refractivity contribution in [3.05, 3.63) is 121 Å². The van der Waals surface area contributed by atoms with Crippen molar-refractivity contribution in [3.8, 4) is 44.9 Å². The monoisotopic (exact) mass is 437 g/mol. The minimum atomic E-state index is -0.0874. The number of hydrogen-bond donors (Lipinski definition) is 1. The highest BCUT2D eigenvalue weighted by Gasteiger charge is 2.19. The first-order valence-corrected chi connectivity index (χ1v) is 11.3. The predicted octanol–water partition coefficient (Wildman–Crippen LogP) is 7.77. The number of fused-ring (bicyclic) bond motifs is 2. The Morgan fingerprint density at radius 2 is 0.912 bits per heavy atom. The van der Waals surface area contributed by atoms with E-state index in [1.807, 2.05) is 121 Å². The first-order valence-electron chi connectivity index (χ1n) is 11.3. The van der Waals surface area contributed by atoms with Gasteiger partial charge in [0.25, 0.3) is 0 Å². The zero-order valence-electron chi connectivity index (χ0n) is 18.4. The molecule has 0 aromatic heterocycles. The average molecular weight is 438 g/mol. The highest BCUT2D eigenvalue weighted by molar-refractivity contribution is 6.13. The van der Waals surface area contributed by atoms with Gasteiger partial charge < -0.3 is 10.2 Å². The molecule has 0 saturated heterocycles. The maximum atomic E-state index is 14.1. The maximum Gasteiger partial charge on any atom is 0.131 e. The predicted molar refractivity (Wildman–Crippen MR) is 139 cm³/mol. The third-order valence-electron chi connectivity index (χ3n) is 6.44. The van der Waals surface area contributed by atoms with Crippen LogP contribution in [0.5, 0.6) is 11.5 Å². The summed E-state index contributed by atoms with van der Waals surface area (Å²) < 4.78 is 0. The van der Waals surface area contributed by atoms with Crippen LogP contribution in [0.2, 0.25) is 0 Å². The Hall–Kier alpha value is -4.56. The van der Waals surface area contributed by atoms with Crippen LogP contribution >= 0.6 is 0 Å². The number of hydrogen-bond acceptors (Lipinski definition) is 2. The molecule has 0 heterocycles. The molecule has 2 nitrogen and oxygen atoms in total. The summed E-state index contributed by atoms with van der Waals surface area (Å²) in [7, 11) is 0. The number of phenols is 1. The lowest BCUT2D eigenvalue weighted by Gasteiger charge is -2.25. The molecule has 0 atom stereocenters. The van der Waals surface area contributed by atoms with Crippen LogP contribution in [0.3, 0.4) is 0 Å². The van der Waals surface area contributed by atoms with Crippen LogP contribution < -0.4 is 5.11 Å². The van der Waals surface area contributed by atoms with Crippen LogP contribution in [0.4, 0.5) is 0 Å². The van der Waals surface area contributed by atoms with Crippen LogP contribution in [-0.2, 0) is 0 Å². The molecule has 6 aromatic carbocycles. The molecule has 2 heteroatoms. The Kier molecular flexibility index (Phi) is 4.78. The topological polar surface area (TPSA) is 43.3 Å². The van der Waals surface area contributed by atoms with Crippen molar-refractivity contribution < 1.29 is 10.2 Å². The quantitative estimate of drug-likeness (QED) is 0.307. The van der Waals surface area contributed by atoms with Crippen molar-refractivity contribution in [3.63, 3.8) is 0 Å². The van der Waals surface area contributed by atoms with Crippen molar-refractivity contribution in [1.29, 1.82) is 0 Å². The summed E-state index contributed by atoms with van der Waals surface area (Å²) in [5.74, 6) is 0.0351. The van der Waals surface area contributed by atoms with E-state index >= 15 is 0 Å². The lowest BCUT2D eigenvalue weighted by Crippen LogP contribution is -2.00. The summed E-state index contributed by atoms with van der Waals surface area (Å²) in [5, 5.41) is 29.4. The van der Waals surface area contributed by atoms with Gasteiger partial charge in [0, 0.05) is 11.1 Å². The molecule has 162 valence electrons. The summed E-state index contributed by atoms with van der Waals surface area (Å²) in [6, 6.07) is 39.3. The van der Waals surface area contributed by atoms with E-state index < -0.39 is 0 Å². The van der Waals surface area contributed by atoms with Crippen molar-refractivity contribution in [1.82, 2.24) is 0 Å². The fourth-order valence-electron chi connectivity index (χ4n) is 4.84. The molecule has 6 rings (SSSR count). The second-order valence-corrected chi connectivity index (χ2v) is 8.45. The maximum absolute atomic E-state index is 14.1. The zero-order chi connectivity index (χ0) is 23.1. The SMILES string of the molecule is [O-]c1c(-c2ccccc2)cc2ccccc2c1-c1c(O)c(-c2ccccc2)cc2ccccc12. The molecule has 0 aliphatic rings. The fourth-order valence-corrected chi connectivity index (χ4v) is 4.84. The molecular formula is C32H21O2-. The van der Waals surface area contributed by atoms with Crippen molar-refractivity contribution in [2.24, 2.45) is 0 Å². The number of rotatable bonds is 3. The van der Waals surface area contributed by atoms with Gasteiger partial charge in [-0.25, -0.2) is 0 Å². The summed E-state index contributed by atoms with van der Waals surface area (Å²) in [4.78, 5) is 0. The van der Waals surface area contributed by atoms with E-state index in [4.69, 9.17) is 0 Å². The molecule has 0 unspecified atom stereocenters. The van der Waals surface area contributed by atoms with Crippen molar-refractivity contribution >= 4 is 21.5 Å². The van der Waals surface area contributed by atoms with Gasteiger partial charge in [0.2, 0.25) is 0 Å². The van der Waals surface area contributed by atoms with Crippen LogP contribution in [0.25, 0.3) is 54.9 Å². The lowest BCUT2D eigenvalue weighted by molar-refractivity contribution is -0.266. The molecular weight excluding hydrogens is 416 g/mol. The third-order valence-corrected chi connectivity index (χ3v) is 6.44. The molecule has 0 radical (unpaired) electrons. The van der Waals surface area contributed by atoms with Gasteiger partial charge in [-0.05, 0) is 55.9 Å². The Balaban J connectivity index is 1.78. The summed E-state index contributed by atoms with van der Waals surface area (Å²) in [6.45, 7) is 0. The minimum absolute atomic E-state index is 0.0874. The van der Waals surface area contributed by atoms with E-state index in [1.165, 1.54) is 0 Å². The first-order chi connectivity index (χ1) is 16.7. The van der Waals surface area contributed by atoms with E-state index in [1.54, 1.807) is 0 Å². The smallest absolute Gasteiger partial charge is 0.131 e. The zero-order valence-corrected chi connectivity index (χ0v) is 18.4. The van der Waals surface area contributed by atoms with Gasteiger partial charge in [0.05, 0.1) is 0 Å². The Bertz CT molecular complexity index is 1530. The van der Waals surface area contributed by atoms with E-state index in [0.29, 0.717) is 22.3 Å². The van der Waals surface area contributed by atoms with E-state index in [2.05, 4.69) is 0 Å². The summed E-state index contributed by atoms with van der Waals surface area (Å²) in [6.07, 6.45) is 0. The largest absolute Gasteiger partial charge is 0.872 e. The third kappa shape index (κ3) is 3.20. The van der Waals surface area contributed by atoms with Gasteiger partial charge in [0.1, 0.15) is 5.75 Å². The van der Waals surface area contributed by atoms with E-state index in [9.17, 15) is 10.2 Å². The molecule has 0 aliphatic carbocycles. The van der Waals surface area contributed by atoms with Crippen LogP contribution in [-0.4, -0.2) is 5.11 Å². The lowest BCUT2D eigenvalue weighted by atomic mass is 9.86. The molecule has 0 fully saturated rings. The van der Waals surface area contributed by atoms with Crippen LogP contribution in [0.1, 0.15) is 0 Å². The fraction of sp³-hybridized carbons (Fsp3) is 0. The summed E-state index contributed by atoms with van der Waals surface area (Å²) in [5.41, 5.74) is 4.22. The second-order valence-electron chi connectivity index (χ2n) is 8.45. The average Bonchev–Trinajstić information content (AvgIpc) is 2.90. The molecule has 1 N–H and O–H groups in total. The van der Waals surface area contributed by atoms with Crippen LogP contribution in [0.15, 0.2) is 121 Å². The molecule has 0 bridgehead atoms. The standard InChI is InChI=1S/C32H22O2/c33-31-27(21-11-3-1-4-12-21)19-23-15-7-9-17-25(23)29(31)30-26-18-10-8-16-24(26)20-28(32(30)34)22-13-5-2-6-14-22/h1-20,33-34H/p-1. The Morgan fingerprint density at radius 1 is 0.471 bits per heavy atom. The highest BCUT2D eigenvalue weighted by Crippen LogP contribution is 2.50. The van der Waals surface area contributed by atoms with Gasteiger partial charge in [-0.3, -0.25) is 0 Å². The first kappa shape index (κ1) is 20.1. The van der Waals surface area contributed by atoms with Gasteiger partial charge in [-0.2, -0.15) is 0 Å². The minimum Gasteiger partial charge on any atom is -0.872 e. The van der Waals surface area contributed by atoms with Gasteiger partial charge >= 0.3 is 0 Å². The molecule has 0 amide bonds. The van der Waals surface area contributed by atoms with E-state index in [-0.39, 0.29) is 11.5 Å². The van der Waals surface area contributed by atoms with Gasteiger partial charge in [0.15, 0.2) is 0 Å². The molecule has 6 aromatic rings.